The molecule has 3 N–H and O–H groups in total. The smallest absolute Gasteiger partial charge is 0.279 e. The second-order valence-electron chi connectivity index (χ2n) is 5.70. The number of hydrogen-bond acceptors (Lipinski definition) is 4. The molecule has 0 radical (unpaired) electrons. The maximum Gasteiger partial charge on any atom is 0.279 e. The maximum absolute atomic E-state index is 12.3. The predicted molar refractivity (Wildman–Crippen MR) is 95.5 cm³/mol. The second kappa shape index (κ2) is 8.09. The molecule has 0 unspecified atom stereocenters. The van der Waals surface area contributed by atoms with E-state index >= 15 is 0 Å². The number of rotatable bonds is 7. The van der Waals surface area contributed by atoms with Crippen LogP contribution in [-0.2, 0) is 4.79 Å². The van der Waals surface area contributed by atoms with Crippen molar-refractivity contribution in [3.05, 3.63) is 94.4 Å². The van der Waals surface area contributed by atoms with Crippen LogP contribution in [0.5, 0.6) is 0 Å². The van der Waals surface area contributed by atoms with Crippen molar-refractivity contribution in [2.45, 2.75) is 6.04 Å². The van der Waals surface area contributed by atoms with Crippen molar-refractivity contribution < 1.29 is 19.5 Å². The summed E-state index contributed by atoms with van der Waals surface area (Å²) in [6.45, 7) is 0.142. The minimum Gasteiger partial charge on any atom is -0.463 e. The zero-order chi connectivity index (χ0) is 18.4. The molecule has 0 fully saturated rings. The van der Waals surface area contributed by atoms with Crippen molar-refractivity contribution in [1.82, 2.24) is 0 Å². The van der Waals surface area contributed by atoms with Crippen molar-refractivity contribution in [1.29, 1.82) is 0 Å². The maximum atomic E-state index is 12.3. The van der Waals surface area contributed by atoms with E-state index in [1.807, 2.05) is 47.8 Å². The Balaban J connectivity index is 1.67. The first-order chi connectivity index (χ1) is 12.6. The third-order valence-corrected chi connectivity index (χ3v) is 3.89. The van der Waals surface area contributed by atoms with E-state index in [9.17, 15) is 14.9 Å². The molecule has 7 heteroatoms. The van der Waals surface area contributed by atoms with Gasteiger partial charge in [0, 0.05) is 23.4 Å². The van der Waals surface area contributed by atoms with E-state index in [0.717, 1.165) is 11.3 Å². The van der Waals surface area contributed by atoms with Gasteiger partial charge in [-0.3, -0.25) is 14.9 Å². The van der Waals surface area contributed by atoms with Gasteiger partial charge < -0.3 is 15.1 Å². The zero-order valence-electron chi connectivity index (χ0n) is 13.9. The van der Waals surface area contributed by atoms with Crippen LogP contribution in [-0.4, -0.2) is 17.4 Å². The highest BCUT2D eigenvalue weighted by Gasteiger charge is 2.21. The third kappa shape index (κ3) is 4.34. The van der Waals surface area contributed by atoms with E-state index in [4.69, 9.17) is 4.42 Å². The molecule has 3 aromatic rings. The monoisotopic (exact) mass is 352 g/mol. The number of amides is 1. The summed E-state index contributed by atoms with van der Waals surface area (Å²) < 4.78 is 5.50. The van der Waals surface area contributed by atoms with Gasteiger partial charge in [-0.2, -0.15) is 0 Å². The van der Waals surface area contributed by atoms with Gasteiger partial charge in [0.05, 0.1) is 11.2 Å². The Labute approximate surface area is 149 Å². The van der Waals surface area contributed by atoms with Crippen molar-refractivity contribution in [3.63, 3.8) is 0 Å². The van der Waals surface area contributed by atoms with Gasteiger partial charge >= 0.3 is 0 Å². The van der Waals surface area contributed by atoms with E-state index in [1.165, 1.54) is 18.2 Å². The SMILES string of the molecule is O=C(C[NH2+][C@H](c1ccccc1)c1ccco1)Nc1cccc([N+](=O)[O-])c1. The van der Waals surface area contributed by atoms with Crippen LogP contribution in [0.4, 0.5) is 11.4 Å². The molecule has 2 aromatic carbocycles. The van der Waals surface area contributed by atoms with E-state index < -0.39 is 4.92 Å². The Morgan fingerprint density at radius 2 is 1.92 bits per heavy atom. The van der Waals surface area contributed by atoms with Crippen LogP contribution in [0.15, 0.2) is 77.4 Å². The number of carbonyl (C=O) groups excluding carboxylic acids is 1. The van der Waals surface area contributed by atoms with E-state index in [1.54, 1.807) is 12.3 Å². The lowest BCUT2D eigenvalue weighted by molar-refractivity contribution is -0.678. The lowest BCUT2D eigenvalue weighted by Gasteiger charge is -2.14. The van der Waals surface area contributed by atoms with E-state index in [-0.39, 0.29) is 24.2 Å². The standard InChI is InChI=1S/C19H17N3O4/c23-18(21-15-8-4-9-16(12-15)22(24)25)13-20-19(17-10-5-11-26-17)14-6-2-1-3-7-14/h1-12,19-20H,13H2,(H,21,23)/p+1/t19-/m1/s1. The number of hydrogen-bond donors (Lipinski definition) is 2. The minimum atomic E-state index is -0.496. The number of carbonyl (C=O) groups is 1. The molecule has 0 saturated carbocycles. The Morgan fingerprint density at radius 3 is 2.62 bits per heavy atom. The van der Waals surface area contributed by atoms with Crippen LogP contribution < -0.4 is 10.6 Å². The zero-order valence-corrected chi connectivity index (χ0v) is 13.9. The van der Waals surface area contributed by atoms with E-state index in [2.05, 4.69) is 5.32 Å². The summed E-state index contributed by atoms with van der Waals surface area (Å²) in [6, 6.07) is 19.1. The number of quaternary nitrogens is 1. The van der Waals surface area contributed by atoms with Crippen LogP contribution in [0.25, 0.3) is 0 Å². The number of benzene rings is 2. The van der Waals surface area contributed by atoms with Gasteiger partial charge in [0.2, 0.25) is 0 Å². The first-order valence-corrected chi connectivity index (χ1v) is 8.09. The van der Waals surface area contributed by atoms with Crippen molar-refractivity contribution in [3.8, 4) is 0 Å². The number of anilines is 1. The molecule has 0 spiro atoms. The Bertz CT molecular complexity index is 879. The molecule has 1 aromatic heterocycles. The molecule has 1 amide bonds. The molecular weight excluding hydrogens is 334 g/mol. The second-order valence-corrected chi connectivity index (χ2v) is 5.70. The number of non-ortho nitro benzene ring substituents is 1. The first-order valence-electron chi connectivity index (χ1n) is 8.09. The lowest BCUT2D eigenvalue weighted by atomic mass is 10.0. The quantitative estimate of drug-likeness (QED) is 0.504. The third-order valence-electron chi connectivity index (χ3n) is 3.89. The summed E-state index contributed by atoms with van der Waals surface area (Å²) in [4.78, 5) is 22.6. The molecule has 0 saturated heterocycles. The molecule has 0 aliphatic rings. The van der Waals surface area contributed by atoms with Gasteiger partial charge in [0.1, 0.15) is 0 Å². The van der Waals surface area contributed by atoms with Gasteiger partial charge in [-0.15, -0.1) is 0 Å². The van der Waals surface area contributed by atoms with Gasteiger partial charge in [-0.25, -0.2) is 0 Å². The molecule has 7 nitrogen and oxygen atoms in total. The molecule has 26 heavy (non-hydrogen) atoms. The molecular formula is C19H18N3O4+. The van der Waals surface area contributed by atoms with Gasteiger partial charge in [-0.1, -0.05) is 36.4 Å². The van der Waals surface area contributed by atoms with Gasteiger partial charge in [-0.05, 0) is 18.2 Å². The van der Waals surface area contributed by atoms with Crippen molar-refractivity contribution >= 4 is 17.3 Å². The van der Waals surface area contributed by atoms with Crippen LogP contribution in [0.1, 0.15) is 17.4 Å². The van der Waals surface area contributed by atoms with E-state index in [0.29, 0.717) is 5.69 Å². The number of nitro benzene ring substituents is 1. The summed E-state index contributed by atoms with van der Waals surface area (Å²) in [5.74, 6) is 0.498. The largest absolute Gasteiger partial charge is 0.463 e. The van der Waals surface area contributed by atoms with Gasteiger partial charge in [0.25, 0.3) is 11.6 Å². The molecule has 0 bridgehead atoms. The fourth-order valence-electron chi connectivity index (χ4n) is 2.68. The highest BCUT2D eigenvalue weighted by atomic mass is 16.6. The topological polar surface area (TPSA) is 102 Å². The van der Waals surface area contributed by atoms with Crippen molar-refractivity contribution in [2.24, 2.45) is 0 Å². The Morgan fingerprint density at radius 1 is 1.12 bits per heavy atom. The normalized spacial score (nSPS) is 11.7. The predicted octanol–water partition coefficient (Wildman–Crippen LogP) is 2.48. The molecule has 0 aliphatic carbocycles. The summed E-state index contributed by atoms with van der Waals surface area (Å²) in [5.41, 5.74) is 1.35. The summed E-state index contributed by atoms with van der Waals surface area (Å²) in [6.07, 6.45) is 1.60. The molecule has 1 atom stereocenters. The number of nitrogens with two attached hydrogens (primary N) is 1. The Kier molecular flexibility index (Phi) is 5.40. The number of furan rings is 1. The highest BCUT2D eigenvalue weighted by molar-refractivity contribution is 5.91. The fourth-order valence-corrected chi connectivity index (χ4v) is 2.68. The number of nitro groups is 1. The molecule has 132 valence electrons. The number of nitrogens with one attached hydrogen (secondary N) is 1. The van der Waals surface area contributed by atoms with Crippen LogP contribution in [0, 0.1) is 10.1 Å². The number of nitrogens with zero attached hydrogens (tertiary/aromatic N) is 1. The van der Waals surface area contributed by atoms with Crippen LogP contribution >= 0.6 is 0 Å². The average molecular weight is 352 g/mol. The van der Waals surface area contributed by atoms with Crippen LogP contribution in [0.2, 0.25) is 0 Å². The van der Waals surface area contributed by atoms with Crippen molar-refractivity contribution in [2.75, 3.05) is 11.9 Å². The fraction of sp³-hybridized carbons (Fsp3) is 0.105. The average Bonchev–Trinajstić information content (AvgIpc) is 3.17. The molecule has 0 aliphatic heterocycles. The molecule has 3 rings (SSSR count). The summed E-state index contributed by atoms with van der Waals surface area (Å²) in [7, 11) is 0. The first kappa shape index (κ1) is 17.4. The summed E-state index contributed by atoms with van der Waals surface area (Å²) in [5, 5.41) is 15.4. The Hall–Kier alpha value is -3.45. The van der Waals surface area contributed by atoms with Crippen LogP contribution in [0.3, 0.4) is 0 Å². The molecule has 1 heterocycles. The minimum absolute atomic E-state index is 0.0653. The lowest BCUT2D eigenvalue weighted by Crippen LogP contribution is -2.87. The summed E-state index contributed by atoms with van der Waals surface area (Å²) >= 11 is 0. The van der Waals surface area contributed by atoms with Gasteiger partial charge in [0.15, 0.2) is 18.3 Å². The highest BCUT2D eigenvalue weighted by Crippen LogP contribution is 2.19.